The van der Waals surface area contributed by atoms with E-state index < -0.39 is 30.4 Å². The number of hydrogen-bond donors (Lipinski definition) is 1. The molecule has 2 amide bonds. The maximum absolute atomic E-state index is 11.9. The Bertz CT molecular complexity index is 704. The highest BCUT2D eigenvalue weighted by Crippen LogP contribution is 2.20. The lowest BCUT2D eigenvalue weighted by Crippen LogP contribution is -2.37. The van der Waals surface area contributed by atoms with Crippen molar-refractivity contribution in [3.05, 3.63) is 41.4 Å². The molecule has 0 aromatic heterocycles. The molecule has 1 N–H and O–H groups in total. The third-order valence-corrected chi connectivity index (χ3v) is 3.26. The Kier molecular flexibility index (Phi) is 8.86. The molecule has 0 aliphatic heterocycles. The average Bonchev–Trinajstić information content (AvgIpc) is 2.60. The normalized spacial score (nSPS) is 10.3. The SMILES string of the molecule is CCOC(=O)/C=C/C(=O)OCC(=O)N(C)CC(=O)Nc1ccccc1Cl. The number of rotatable bonds is 8. The van der Waals surface area contributed by atoms with Crippen LogP contribution in [-0.2, 0) is 28.7 Å². The summed E-state index contributed by atoms with van der Waals surface area (Å²) in [7, 11) is 1.39. The Morgan fingerprint density at radius 3 is 2.35 bits per heavy atom. The Morgan fingerprint density at radius 1 is 1.12 bits per heavy atom. The molecule has 26 heavy (non-hydrogen) atoms. The number of hydrogen-bond acceptors (Lipinski definition) is 6. The zero-order valence-corrected chi connectivity index (χ0v) is 15.1. The highest BCUT2D eigenvalue weighted by Gasteiger charge is 2.15. The highest BCUT2D eigenvalue weighted by molar-refractivity contribution is 6.33. The van der Waals surface area contributed by atoms with E-state index in [4.69, 9.17) is 16.3 Å². The molecular weight excluding hydrogens is 364 g/mol. The second kappa shape index (κ2) is 10.9. The Morgan fingerprint density at radius 2 is 1.73 bits per heavy atom. The van der Waals surface area contributed by atoms with E-state index in [1.54, 1.807) is 31.2 Å². The maximum Gasteiger partial charge on any atom is 0.331 e. The number of halogens is 1. The van der Waals surface area contributed by atoms with Crippen LogP contribution in [-0.4, -0.2) is 55.5 Å². The molecule has 0 aliphatic rings. The van der Waals surface area contributed by atoms with E-state index in [1.165, 1.54) is 7.05 Å². The minimum absolute atomic E-state index is 0.178. The quantitative estimate of drug-likeness (QED) is 0.538. The molecule has 1 rings (SSSR count). The lowest BCUT2D eigenvalue weighted by atomic mass is 10.3. The average molecular weight is 383 g/mol. The maximum atomic E-state index is 11.9. The number of esters is 2. The smallest absolute Gasteiger partial charge is 0.331 e. The van der Waals surface area contributed by atoms with Crippen molar-refractivity contribution in [2.75, 3.05) is 32.1 Å². The molecule has 0 bridgehead atoms. The number of likely N-dealkylation sites (N-methyl/N-ethyl adjacent to an activating group) is 1. The van der Waals surface area contributed by atoms with E-state index in [1.807, 2.05) is 0 Å². The monoisotopic (exact) mass is 382 g/mol. The van der Waals surface area contributed by atoms with Crippen molar-refractivity contribution in [1.82, 2.24) is 4.90 Å². The molecule has 1 aromatic rings. The zero-order chi connectivity index (χ0) is 19.5. The molecule has 140 valence electrons. The van der Waals surface area contributed by atoms with Gasteiger partial charge in [-0.2, -0.15) is 0 Å². The van der Waals surface area contributed by atoms with Crippen molar-refractivity contribution >= 4 is 41.0 Å². The Hall–Kier alpha value is -2.87. The van der Waals surface area contributed by atoms with Crippen LogP contribution >= 0.6 is 11.6 Å². The van der Waals surface area contributed by atoms with Crippen LogP contribution in [0, 0.1) is 0 Å². The van der Waals surface area contributed by atoms with Gasteiger partial charge in [0.15, 0.2) is 6.61 Å². The van der Waals surface area contributed by atoms with Crippen molar-refractivity contribution in [2.24, 2.45) is 0 Å². The number of nitrogens with one attached hydrogen (secondary N) is 1. The molecule has 0 saturated carbocycles. The summed E-state index contributed by atoms with van der Waals surface area (Å²) in [4.78, 5) is 47.3. The van der Waals surface area contributed by atoms with Crippen LogP contribution in [0.4, 0.5) is 5.69 Å². The van der Waals surface area contributed by atoms with E-state index >= 15 is 0 Å². The topological polar surface area (TPSA) is 102 Å². The largest absolute Gasteiger partial charge is 0.463 e. The standard InChI is InChI=1S/C17H19ClN2O6/c1-3-25-16(23)8-9-17(24)26-11-15(22)20(2)10-14(21)19-13-7-5-4-6-12(13)18/h4-9H,3,10-11H2,1-2H3,(H,19,21)/b9-8+. The van der Waals surface area contributed by atoms with Crippen molar-refractivity contribution in [2.45, 2.75) is 6.92 Å². The number of anilines is 1. The molecular formula is C17H19ClN2O6. The van der Waals surface area contributed by atoms with E-state index in [2.05, 4.69) is 10.1 Å². The van der Waals surface area contributed by atoms with Gasteiger partial charge >= 0.3 is 11.9 Å². The van der Waals surface area contributed by atoms with Crippen LogP contribution in [0.1, 0.15) is 6.92 Å². The number of nitrogens with zero attached hydrogens (tertiary/aromatic N) is 1. The molecule has 0 spiro atoms. The van der Waals surface area contributed by atoms with Crippen LogP contribution < -0.4 is 5.32 Å². The summed E-state index contributed by atoms with van der Waals surface area (Å²) in [6.45, 7) is 0.986. The summed E-state index contributed by atoms with van der Waals surface area (Å²) in [5.74, 6) is -2.61. The molecule has 0 saturated heterocycles. The molecule has 8 nitrogen and oxygen atoms in total. The van der Waals surface area contributed by atoms with Gasteiger partial charge in [-0.15, -0.1) is 0 Å². The number of amides is 2. The first kappa shape index (κ1) is 21.2. The third kappa shape index (κ3) is 7.80. The number of benzene rings is 1. The van der Waals surface area contributed by atoms with E-state index in [9.17, 15) is 19.2 Å². The molecule has 0 heterocycles. The van der Waals surface area contributed by atoms with Crippen molar-refractivity contribution < 1.29 is 28.7 Å². The second-order valence-corrected chi connectivity index (χ2v) is 5.38. The minimum atomic E-state index is -0.875. The van der Waals surface area contributed by atoms with Gasteiger partial charge in [-0.1, -0.05) is 23.7 Å². The summed E-state index contributed by atoms with van der Waals surface area (Å²) in [5, 5.41) is 2.94. The fourth-order valence-corrected chi connectivity index (χ4v) is 1.86. The van der Waals surface area contributed by atoms with Gasteiger partial charge in [0.05, 0.1) is 23.9 Å². The fraction of sp³-hybridized carbons (Fsp3) is 0.294. The fourth-order valence-electron chi connectivity index (χ4n) is 1.67. The first-order chi connectivity index (χ1) is 12.3. The minimum Gasteiger partial charge on any atom is -0.463 e. The van der Waals surface area contributed by atoms with Crippen molar-refractivity contribution in [3.8, 4) is 0 Å². The van der Waals surface area contributed by atoms with Gasteiger partial charge in [0.25, 0.3) is 5.91 Å². The van der Waals surface area contributed by atoms with E-state index in [-0.39, 0.29) is 13.2 Å². The molecule has 0 radical (unpaired) electrons. The van der Waals surface area contributed by atoms with Gasteiger partial charge in [0.1, 0.15) is 0 Å². The first-order valence-electron chi connectivity index (χ1n) is 7.63. The highest BCUT2D eigenvalue weighted by atomic mass is 35.5. The molecule has 0 aliphatic carbocycles. The number of ether oxygens (including phenoxy) is 2. The summed E-state index contributed by atoms with van der Waals surface area (Å²) in [6, 6.07) is 6.67. The van der Waals surface area contributed by atoms with Crippen LogP contribution in [0.2, 0.25) is 5.02 Å². The van der Waals surface area contributed by atoms with Crippen molar-refractivity contribution in [3.63, 3.8) is 0 Å². The summed E-state index contributed by atoms with van der Waals surface area (Å²) < 4.78 is 9.29. The first-order valence-corrected chi connectivity index (χ1v) is 8.01. The van der Waals surface area contributed by atoms with Gasteiger partial charge in [-0.05, 0) is 19.1 Å². The third-order valence-electron chi connectivity index (χ3n) is 2.93. The number of carbonyl (C=O) groups excluding carboxylic acids is 4. The molecule has 1 aromatic carbocycles. The van der Waals surface area contributed by atoms with Crippen molar-refractivity contribution in [1.29, 1.82) is 0 Å². The predicted octanol–water partition coefficient (Wildman–Crippen LogP) is 1.40. The summed E-state index contributed by atoms with van der Waals surface area (Å²) >= 11 is 5.93. The number of carbonyl (C=O) groups is 4. The Labute approximate surface area is 155 Å². The van der Waals surface area contributed by atoms with Gasteiger partial charge in [0, 0.05) is 19.2 Å². The van der Waals surface area contributed by atoms with E-state index in [0.717, 1.165) is 17.1 Å². The summed E-state index contributed by atoms with van der Waals surface area (Å²) in [5.41, 5.74) is 0.426. The predicted molar refractivity (Wildman–Crippen MR) is 94.5 cm³/mol. The van der Waals surface area contributed by atoms with E-state index in [0.29, 0.717) is 10.7 Å². The molecule has 0 unspecified atom stereocenters. The number of para-hydroxylation sites is 1. The van der Waals surface area contributed by atoms with Gasteiger partial charge in [0.2, 0.25) is 5.91 Å². The molecule has 0 atom stereocenters. The van der Waals surface area contributed by atoms with Gasteiger partial charge < -0.3 is 19.7 Å². The van der Waals surface area contributed by atoms with Gasteiger partial charge in [-0.25, -0.2) is 9.59 Å². The van der Waals surface area contributed by atoms with Crippen LogP contribution in [0.25, 0.3) is 0 Å². The summed E-state index contributed by atoms with van der Waals surface area (Å²) in [6.07, 6.45) is 1.76. The molecule has 9 heteroatoms. The van der Waals surface area contributed by atoms with Gasteiger partial charge in [-0.3, -0.25) is 9.59 Å². The lowest BCUT2D eigenvalue weighted by Gasteiger charge is -2.16. The second-order valence-electron chi connectivity index (χ2n) is 4.97. The Balaban J connectivity index is 2.40. The van der Waals surface area contributed by atoms with Crippen LogP contribution in [0.3, 0.4) is 0 Å². The lowest BCUT2D eigenvalue weighted by molar-refractivity contribution is -0.148. The zero-order valence-electron chi connectivity index (χ0n) is 14.4. The van der Waals surface area contributed by atoms with Crippen LogP contribution in [0.5, 0.6) is 0 Å². The van der Waals surface area contributed by atoms with Crippen LogP contribution in [0.15, 0.2) is 36.4 Å². The molecule has 0 fully saturated rings.